The average Bonchev–Trinajstić information content (AvgIpc) is 2.41. The van der Waals surface area contributed by atoms with Crippen molar-refractivity contribution in [1.82, 2.24) is 0 Å². The highest BCUT2D eigenvalue weighted by Crippen LogP contribution is 2.23. The summed E-state index contributed by atoms with van der Waals surface area (Å²) < 4.78 is 0. The van der Waals surface area contributed by atoms with E-state index in [1.165, 1.54) is 12.0 Å². The fraction of sp³-hybridized carbons (Fsp3) is 0.533. The summed E-state index contributed by atoms with van der Waals surface area (Å²) in [4.78, 5) is 10.4. The van der Waals surface area contributed by atoms with Crippen LogP contribution in [0.25, 0.3) is 0 Å². The Hall–Kier alpha value is -1.35. The standard InChI is InChI=1S/C8H11N.C7H12O2/c1-7(9)8-5-3-2-4-6-8;8-7(9)6-4-2-1-3-5-6/h2-7H,9H2,1H3;6H,1-5H2,(H,8,9)/t7-;/m1./s1. The number of carboxylic acid groups (broad SMARTS) is 1. The van der Waals surface area contributed by atoms with Crippen LogP contribution in [-0.2, 0) is 4.79 Å². The summed E-state index contributed by atoms with van der Waals surface area (Å²) in [5.74, 6) is -0.631. The summed E-state index contributed by atoms with van der Waals surface area (Å²) >= 11 is 0. The van der Waals surface area contributed by atoms with Gasteiger partial charge < -0.3 is 10.8 Å². The summed E-state index contributed by atoms with van der Waals surface area (Å²) in [6, 6.07) is 10.2. The van der Waals surface area contributed by atoms with Gasteiger partial charge in [0, 0.05) is 6.04 Å². The van der Waals surface area contributed by atoms with Gasteiger partial charge in [-0.1, -0.05) is 49.6 Å². The van der Waals surface area contributed by atoms with Crippen LogP contribution >= 0.6 is 0 Å². The Morgan fingerprint density at radius 1 is 1.22 bits per heavy atom. The van der Waals surface area contributed by atoms with E-state index in [1.54, 1.807) is 0 Å². The van der Waals surface area contributed by atoms with Gasteiger partial charge in [0.2, 0.25) is 0 Å². The fourth-order valence-electron chi connectivity index (χ4n) is 2.11. The third-order valence-corrected chi connectivity index (χ3v) is 3.28. The van der Waals surface area contributed by atoms with Crippen LogP contribution in [0.2, 0.25) is 0 Å². The van der Waals surface area contributed by atoms with Crippen LogP contribution in [-0.4, -0.2) is 11.1 Å². The second-order valence-corrected chi connectivity index (χ2v) is 4.87. The molecule has 1 aliphatic carbocycles. The highest BCUT2D eigenvalue weighted by molar-refractivity contribution is 5.69. The van der Waals surface area contributed by atoms with Crippen molar-refractivity contribution in [3.63, 3.8) is 0 Å². The minimum atomic E-state index is -0.602. The molecule has 1 fully saturated rings. The summed E-state index contributed by atoms with van der Waals surface area (Å²) in [5.41, 5.74) is 6.81. The number of carbonyl (C=O) groups is 1. The zero-order valence-corrected chi connectivity index (χ0v) is 11.0. The van der Waals surface area contributed by atoms with Crippen molar-refractivity contribution in [2.75, 3.05) is 0 Å². The second-order valence-electron chi connectivity index (χ2n) is 4.87. The molecule has 3 N–H and O–H groups in total. The first-order valence-corrected chi connectivity index (χ1v) is 6.64. The monoisotopic (exact) mass is 249 g/mol. The Kier molecular flexibility index (Phi) is 6.44. The van der Waals surface area contributed by atoms with Crippen molar-refractivity contribution in [2.45, 2.75) is 45.1 Å². The minimum absolute atomic E-state index is 0.0289. The van der Waals surface area contributed by atoms with Gasteiger partial charge in [-0.2, -0.15) is 0 Å². The lowest BCUT2D eigenvalue weighted by molar-refractivity contribution is -0.142. The Labute approximate surface area is 109 Å². The van der Waals surface area contributed by atoms with Gasteiger partial charge in [0.05, 0.1) is 5.92 Å². The van der Waals surface area contributed by atoms with Crippen LogP contribution in [0, 0.1) is 5.92 Å². The molecule has 18 heavy (non-hydrogen) atoms. The molecule has 1 saturated carbocycles. The molecule has 0 bridgehead atoms. The molecule has 100 valence electrons. The van der Waals surface area contributed by atoms with E-state index in [-0.39, 0.29) is 12.0 Å². The van der Waals surface area contributed by atoms with Crippen LogP contribution in [0.3, 0.4) is 0 Å². The molecule has 0 aliphatic heterocycles. The van der Waals surface area contributed by atoms with Crippen LogP contribution in [0.4, 0.5) is 0 Å². The summed E-state index contributed by atoms with van der Waals surface area (Å²) in [7, 11) is 0. The van der Waals surface area contributed by atoms with Crippen LogP contribution in [0.5, 0.6) is 0 Å². The van der Waals surface area contributed by atoms with Gasteiger partial charge in [0.15, 0.2) is 0 Å². The molecule has 0 spiro atoms. The highest BCUT2D eigenvalue weighted by atomic mass is 16.4. The largest absolute Gasteiger partial charge is 0.481 e. The predicted molar refractivity (Wildman–Crippen MR) is 73.3 cm³/mol. The van der Waals surface area contributed by atoms with E-state index < -0.39 is 5.97 Å². The third-order valence-electron chi connectivity index (χ3n) is 3.28. The lowest BCUT2D eigenvalue weighted by Gasteiger charge is -2.16. The molecule has 1 aliphatic rings. The molecule has 3 heteroatoms. The maximum absolute atomic E-state index is 10.4. The van der Waals surface area contributed by atoms with Crippen molar-refractivity contribution in [3.05, 3.63) is 35.9 Å². The summed E-state index contributed by atoms with van der Waals surface area (Å²) in [5, 5.41) is 8.54. The lowest BCUT2D eigenvalue weighted by atomic mass is 9.90. The zero-order chi connectivity index (χ0) is 13.4. The first-order valence-electron chi connectivity index (χ1n) is 6.64. The fourth-order valence-corrected chi connectivity index (χ4v) is 2.11. The van der Waals surface area contributed by atoms with Gasteiger partial charge in [0.1, 0.15) is 0 Å². The van der Waals surface area contributed by atoms with E-state index in [2.05, 4.69) is 0 Å². The molecule has 1 atom stereocenters. The third kappa shape index (κ3) is 5.32. The normalized spacial score (nSPS) is 17.4. The van der Waals surface area contributed by atoms with E-state index in [4.69, 9.17) is 10.8 Å². The molecular weight excluding hydrogens is 226 g/mol. The average molecular weight is 249 g/mol. The van der Waals surface area contributed by atoms with E-state index in [9.17, 15) is 4.79 Å². The van der Waals surface area contributed by atoms with Crippen LogP contribution in [0.15, 0.2) is 30.3 Å². The van der Waals surface area contributed by atoms with Crippen LogP contribution < -0.4 is 5.73 Å². The maximum atomic E-state index is 10.4. The van der Waals surface area contributed by atoms with Gasteiger partial charge in [-0.3, -0.25) is 4.79 Å². The van der Waals surface area contributed by atoms with E-state index in [1.807, 2.05) is 37.3 Å². The van der Waals surface area contributed by atoms with E-state index in [0.717, 1.165) is 25.7 Å². The van der Waals surface area contributed by atoms with Crippen molar-refractivity contribution in [3.8, 4) is 0 Å². The minimum Gasteiger partial charge on any atom is -0.481 e. The molecule has 0 saturated heterocycles. The van der Waals surface area contributed by atoms with Crippen molar-refractivity contribution in [1.29, 1.82) is 0 Å². The van der Waals surface area contributed by atoms with E-state index >= 15 is 0 Å². The van der Waals surface area contributed by atoms with Gasteiger partial charge in [-0.05, 0) is 25.3 Å². The summed E-state index contributed by atoms with van der Waals surface area (Å²) in [6.45, 7) is 1.98. The summed E-state index contributed by atoms with van der Waals surface area (Å²) in [6.07, 6.45) is 5.24. The molecule has 0 amide bonds. The topological polar surface area (TPSA) is 63.3 Å². The Bertz CT molecular complexity index is 343. The van der Waals surface area contributed by atoms with E-state index in [0.29, 0.717) is 0 Å². The molecule has 1 aromatic rings. The molecule has 0 unspecified atom stereocenters. The van der Waals surface area contributed by atoms with Gasteiger partial charge >= 0.3 is 5.97 Å². The van der Waals surface area contributed by atoms with Crippen molar-refractivity contribution >= 4 is 5.97 Å². The molecule has 2 rings (SSSR count). The van der Waals surface area contributed by atoms with Gasteiger partial charge in [-0.25, -0.2) is 0 Å². The second kappa shape index (κ2) is 7.88. The number of aliphatic carboxylic acids is 1. The molecule has 0 aromatic heterocycles. The number of nitrogens with two attached hydrogens (primary N) is 1. The smallest absolute Gasteiger partial charge is 0.306 e. The number of carboxylic acids is 1. The molecule has 1 aromatic carbocycles. The molecule has 3 nitrogen and oxygen atoms in total. The highest BCUT2D eigenvalue weighted by Gasteiger charge is 2.19. The Balaban J connectivity index is 0.000000180. The van der Waals surface area contributed by atoms with Crippen molar-refractivity contribution in [2.24, 2.45) is 11.7 Å². The first kappa shape index (κ1) is 14.7. The number of hydrogen-bond acceptors (Lipinski definition) is 2. The first-order chi connectivity index (χ1) is 8.61. The number of hydrogen-bond donors (Lipinski definition) is 2. The molecule has 0 heterocycles. The lowest BCUT2D eigenvalue weighted by Crippen LogP contribution is -2.16. The van der Waals surface area contributed by atoms with Crippen molar-refractivity contribution < 1.29 is 9.90 Å². The van der Waals surface area contributed by atoms with Gasteiger partial charge in [-0.15, -0.1) is 0 Å². The van der Waals surface area contributed by atoms with Gasteiger partial charge in [0.25, 0.3) is 0 Å². The molecule has 0 radical (unpaired) electrons. The number of benzene rings is 1. The number of rotatable bonds is 2. The quantitative estimate of drug-likeness (QED) is 0.844. The predicted octanol–water partition coefficient (Wildman–Crippen LogP) is 3.36. The Morgan fingerprint density at radius 2 is 1.78 bits per heavy atom. The SMILES string of the molecule is C[C@@H](N)c1ccccc1.O=C(O)C1CCCCC1. The Morgan fingerprint density at radius 3 is 2.11 bits per heavy atom. The zero-order valence-electron chi connectivity index (χ0n) is 11.0. The maximum Gasteiger partial charge on any atom is 0.306 e. The molecular formula is C15H23NO2. The van der Waals surface area contributed by atoms with Crippen LogP contribution in [0.1, 0.15) is 50.6 Å².